The fourth-order valence-corrected chi connectivity index (χ4v) is 4.03. The second-order valence-corrected chi connectivity index (χ2v) is 7.28. The number of carbonyl (C=O) groups excluding carboxylic acids is 3. The first-order chi connectivity index (χ1) is 13.8. The Balaban J connectivity index is 2.03. The summed E-state index contributed by atoms with van der Waals surface area (Å²) in [5, 5.41) is 7.10. The zero-order valence-corrected chi connectivity index (χ0v) is 17.5. The molecule has 10 heteroatoms. The van der Waals surface area contributed by atoms with Crippen molar-refractivity contribution in [2.45, 2.75) is 27.7 Å². The number of carbonyl (C=O) groups is 3. The summed E-state index contributed by atoms with van der Waals surface area (Å²) in [6.45, 7) is 7.17. The third kappa shape index (κ3) is 3.70. The van der Waals surface area contributed by atoms with Gasteiger partial charge in [0.25, 0.3) is 5.91 Å². The molecule has 0 bridgehead atoms. The molecular weight excluding hydrogens is 396 g/mol. The number of hydrogen-bond acceptors (Lipinski definition) is 8. The van der Waals surface area contributed by atoms with Crippen LogP contribution < -0.4 is 5.32 Å². The van der Waals surface area contributed by atoms with Gasteiger partial charge in [0, 0.05) is 11.4 Å². The fourth-order valence-electron chi connectivity index (χ4n) is 2.94. The molecule has 3 aromatic heterocycles. The van der Waals surface area contributed by atoms with Gasteiger partial charge in [-0.05, 0) is 39.3 Å². The Hall–Kier alpha value is -3.27. The first-order valence-corrected chi connectivity index (χ1v) is 9.62. The number of thiophene rings is 1. The number of aryl methyl sites for hydroxylation is 2. The van der Waals surface area contributed by atoms with E-state index in [1.54, 1.807) is 18.4 Å². The predicted molar refractivity (Wildman–Crippen MR) is 107 cm³/mol. The Kier molecular flexibility index (Phi) is 5.64. The maximum Gasteiger partial charge on any atom is 0.348 e. The van der Waals surface area contributed by atoms with Crippen LogP contribution in [0.1, 0.15) is 54.3 Å². The Morgan fingerprint density at radius 3 is 2.59 bits per heavy atom. The molecule has 1 amide bonds. The van der Waals surface area contributed by atoms with Crippen LogP contribution in [-0.4, -0.2) is 46.2 Å². The van der Waals surface area contributed by atoms with Crippen molar-refractivity contribution >= 4 is 39.8 Å². The van der Waals surface area contributed by atoms with Crippen molar-refractivity contribution < 1.29 is 23.9 Å². The largest absolute Gasteiger partial charge is 0.465 e. The van der Waals surface area contributed by atoms with E-state index < -0.39 is 17.8 Å². The van der Waals surface area contributed by atoms with E-state index in [-0.39, 0.29) is 27.6 Å². The Morgan fingerprint density at radius 1 is 1.21 bits per heavy atom. The van der Waals surface area contributed by atoms with Crippen LogP contribution in [0.4, 0.5) is 5.00 Å². The molecule has 29 heavy (non-hydrogen) atoms. The minimum absolute atomic E-state index is 0.116. The van der Waals surface area contributed by atoms with E-state index in [0.29, 0.717) is 11.2 Å². The highest BCUT2D eigenvalue weighted by atomic mass is 32.1. The molecule has 3 rings (SSSR count). The molecule has 0 aliphatic heterocycles. The number of hydrogen-bond donors (Lipinski definition) is 1. The first kappa shape index (κ1) is 20.5. The van der Waals surface area contributed by atoms with Crippen molar-refractivity contribution in [1.29, 1.82) is 0 Å². The van der Waals surface area contributed by atoms with E-state index in [9.17, 15) is 14.4 Å². The molecule has 0 saturated heterocycles. The Labute approximate surface area is 170 Å². The standard InChI is InChI=1S/C19H20N4O5S/c1-6-28-19(26)14-11(4)13(18(25)27-5)17(29-14)22-16(24)12-8-20-23-10(3)7-9(2)21-15(12)23/h7-8H,6H2,1-5H3,(H,22,24). The third-order valence-corrected chi connectivity index (χ3v) is 5.43. The van der Waals surface area contributed by atoms with Crippen LogP contribution in [-0.2, 0) is 9.47 Å². The van der Waals surface area contributed by atoms with Crippen LogP contribution in [0, 0.1) is 20.8 Å². The molecule has 0 spiro atoms. The number of aromatic nitrogens is 3. The smallest absolute Gasteiger partial charge is 0.348 e. The molecule has 3 heterocycles. The van der Waals surface area contributed by atoms with E-state index in [0.717, 1.165) is 22.7 Å². The molecule has 0 atom stereocenters. The fraction of sp³-hybridized carbons (Fsp3) is 0.316. The van der Waals surface area contributed by atoms with E-state index in [4.69, 9.17) is 9.47 Å². The summed E-state index contributed by atoms with van der Waals surface area (Å²) in [4.78, 5) is 42.0. The number of nitrogens with one attached hydrogen (secondary N) is 1. The molecule has 3 aromatic rings. The van der Waals surface area contributed by atoms with Gasteiger partial charge in [-0.1, -0.05) is 0 Å². The number of methoxy groups -OCH3 is 1. The average molecular weight is 416 g/mol. The molecule has 0 aliphatic carbocycles. The SMILES string of the molecule is CCOC(=O)c1sc(NC(=O)c2cnn3c(C)cc(C)nc23)c(C(=O)OC)c1C. The van der Waals surface area contributed by atoms with Crippen molar-refractivity contribution in [2.24, 2.45) is 0 Å². The van der Waals surface area contributed by atoms with Crippen molar-refractivity contribution in [3.63, 3.8) is 0 Å². The third-order valence-electron chi connectivity index (χ3n) is 4.25. The van der Waals surface area contributed by atoms with Crippen molar-refractivity contribution in [2.75, 3.05) is 19.0 Å². The second kappa shape index (κ2) is 8.00. The number of ether oxygens (including phenoxy) is 2. The highest BCUT2D eigenvalue weighted by Crippen LogP contribution is 2.34. The first-order valence-electron chi connectivity index (χ1n) is 8.80. The lowest BCUT2D eigenvalue weighted by Crippen LogP contribution is -2.14. The number of fused-ring (bicyclic) bond motifs is 1. The van der Waals surface area contributed by atoms with E-state index in [2.05, 4.69) is 15.4 Å². The van der Waals surface area contributed by atoms with Gasteiger partial charge in [-0.3, -0.25) is 4.79 Å². The van der Waals surface area contributed by atoms with Gasteiger partial charge in [-0.2, -0.15) is 5.10 Å². The van der Waals surface area contributed by atoms with Crippen LogP contribution in [0.25, 0.3) is 5.65 Å². The number of amides is 1. The number of anilines is 1. The zero-order chi connectivity index (χ0) is 21.3. The molecule has 0 aliphatic rings. The number of nitrogens with zero attached hydrogens (tertiary/aromatic N) is 3. The van der Waals surface area contributed by atoms with Crippen LogP contribution in [0.3, 0.4) is 0 Å². The molecular formula is C19H20N4O5S. The van der Waals surface area contributed by atoms with Crippen molar-refractivity contribution in [1.82, 2.24) is 14.6 Å². The van der Waals surface area contributed by atoms with Gasteiger partial charge in [-0.25, -0.2) is 19.1 Å². The van der Waals surface area contributed by atoms with Gasteiger partial charge in [0.1, 0.15) is 15.4 Å². The predicted octanol–water partition coefficient (Wildman–Crippen LogP) is 2.93. The average Bonchev–Trinajstić information content (AvgIpc) is 3.22. The van der Waals surface area contributed by atoms with Crippen LogP contribution in [0.2, 0.25) is 0 Å². The van der Waals surface area contributed by atoms with Gasteiger partial charge in [0.2, 0.25) is 0 Å². The van der Waals surface area contributed by atoms with Gasteiger partial charge < -0.3 is 14.8 Å². The summed E-state index contributed by atoms with van der Waals surface area (Å²) in [5.74, 6) is -1.72. The summed E-state index contributed by atoms with van der Waals surface area (Å²) < 4.78 is 11.4. The highest BCUT2D eigenvalue weighted by Gasteiger charge is 2.28. The maximum absolute atomic E-state index is 12.9. The Morgan fingerprint density at radius 2 is 1.93 bits per heavy atom. The summed E-state index contributed by atoms with van der Waals surface area (Å²) in [6.07, 6.45) is 1.41. The summed E-state index contributed by atoms with van der Waals surface area (Å²) in [5.41, 5.74) is 2.73. The quantitative estimate of drug-likeness (QED) is 0.636. The van der Waals surface area contributed by atoms with Gasteiger partial charge >= 0.3 is 11.9 Å². The van der Waals surface area contributed by atoms with Crippen LogP contribution in [0.5, 0.6) is 0 Å². The molecule has 0 radical (unpaired) electrons. The van der Waals surface area contributed by atoms with Gasteiger partial charge in [-0.15, -0.1) is 11.3 Å². The molecule has 152 valence electrons. The highest BCUT2D eigenvalue weighted by molar-refractivity contribution is 7.18. The zero-order valence-electron chi connectivity index (χ0n) is 16.7. The maximum atomic E-state index is 12.9. The molecule has 9 nitrogen and oxygen atoms in total. The minimum Gasteiger partial charge on any atom is -0.465 e. The normalized spacial score (nSPS) is 10.8. The van der Waals surface area contributed by atoms with E-state index in [1.807, 2.05) is 19.9 Å². The van der Waals surface area contributed by atoms with Crippen LogP contribution >= 0.6 is 11.3 Å². The summed E-state index contributed by atoms with van der Waals surface area (Å²) in [7, 11) is 1.23. The molecule has 0 aromatic carbocycles. The van der Waals surface area contributed by atoms with Gasteiger partial charge in [0.05, 0.1) is 25.5 Å². The number of rotatable bonds is 5. The lowest BCUT2D eigenvalue weighted by molar-refractivity contribution is 0.0531. The van der Waals surface area contributed by atoms with E-state index in [1.165, 1.54) is 13.3 Å². The molecule has 0 unspecified atom stereocenters. The van der Waals surface area contributed by atoms with Crippen LogP contribution in [0.15, 0.2) is 12.3 Å². The monoisotopic (exact) mass is 416 g/mol. The summed E-state index contributed by atoms with van der Waals surface area (Å²) >= 11 is 0.960. The molecule has 0 fully saturated rings. The Bertz CT molecular complexity index is 1130. The topological polar surface area (TPSA) is 112 Å². The van der Waals surface area contributed by atoms with Crippen molar-refractivity contribution in [3.8, 4) is 0 Å². The van der Waals surface area contributed by atoms with E-state index >= 15 is 0 Å². The minimum atomic E-state index is -0.658. The molecule has 1 N–H and O–H groups in total. The lowest BCUT2D eigenvalue weighted by Gasteiger charge is -2.06. The lowest BCUT2D eigenvalue weighted by atomic mass is 10.1. The van der Waals surface area contributed by atoms with Gasteiger partial charge in [0.15, 0.2) is 5.65 Å². The number of esters is 2. The molecule has 0 saturated carbocycles. The summed E-state index contributed by atoms with van der Waals surface area (Å²) in [6, 6.07) is 1.85. The van der Waals surface area contributed by atoms with Crippen molar-refractivity contribution in [3.05, 3.63) is 45.2 Å². The second-order valence-electron chi connectivity index (χ2n) is 6.26.